The Balaban J connectivity index is 1.17. The van der Waals surface area contributed by atoms with Gasteiger partial charge in [-0.25, -0.2) is 0 Å². The van der Waals surface area contributed by atoms with E-state index in [0.717, 1.165) is 0 Å². The van der Waals surface area contributed by atoms with Crippen LogP contribution in [0.15, 0.2) is 158 Å². The Morgan fingerprint density at radius 2 is 0.867 bits per heavy atom. The van der Waals surface area contributed by atoms with Crippen LogP contribution in [-0.2, 0) is 5.41 Å². The van der Waals surface area contributed by atoms with Crippen molar-refractivity contribution >= 4 is 32.3 Å². The summed E-state index contributed by atoms with van der Waals surface area (Å²) in [6.07, 6.45) is 0. The molecule has 0 radical (unpaired) electrons. The fraction of sp³-hybridized carbons (Fsp3) is 0.0667. The largest absolute Gasteiger partial charge is 0.0622 e. The van der Waals surface area contributed by atoms with E-state index in [4.69, 9.17) is 0 Å². The summed E-state index contributed by atoms with van der Waals surface area (Å²) in [5.74, 6) is 0. The van der Waals surface area contributed by atoms with Gasteiger partial charge in [0.15, 0.2) is 0 Å². The highest BCUT2D eigenvalue weighted by Gasteiger charge is 2.37. The molecular formula is C45H32. The molecule has 0 atom stereocenters. The van der Waals surface area contributed by atoms with E-state index in [0.29, 0.717) is 0 Å². The maximum absolute atomic E-state index is 2.38. The summed E-state index contributed by atoms with van der Waals surface area (Å²) in [4.78, 5) is 0. The number of benzene rings is 8. The van der Waals surface area contributed by atoms with Crippen LogP contribution in [0.3, 0.4) is 0 Å². The molecule has 0 N–H and O–H groups in total. The molecule has 0 spiro atoms. The minimum atomic E-state index is -0.0430. The first-order chi connectivity index (χ1) is 22.1. The summed E-state index contributed by atoms with van der Waals surface area (Å²) in [5.41, 5.74) is 13.1. The zero-order valence-corrected chi connectivity index (χ0v) is 25.5. The smallest absolute Gasteiger partial charge is 0.0165 e. The Labute approximate surface area is 264 Å². The van der Waals surface area contributed by atoms with Crippen LogP contribution in [0.1, 0.15) is 25.0 Å². The summed E-state index contributed by atoms with van der Waals surface area (Å²) in [6, 6.07) is 58.4. The van der Waals surface area contributed by atoms with Crippen LogP contribution in [-0.4, -0.2) is 0 Å². The summed E-state index contributed by atoms with van der Waals surface area (Å²) in [5, 5.41) is 7.64. The van der Waals surface area contributed by atoms with Crippen LogP contribution >= 0.6 is 0 Å². The van der Waals surface area contributed by atoms with Crippen molar-refractivity contribution in [1.29, 1.82) is 0 Å². The predicted molar refractivity (Wildman–Crippen MR) is 193 cm³/mol. The van der Waals surface area contributed by atoms with Crippen molar-refractivity contribution in [1.82, 2.24) is 0 Å². The molecule has 0 fully saturated rings. The van der Waals surface area contributed by atoms with Gasteiger partial charge in [0.25, 0.3) is 0 Å². The van der Waals surface area contributed by atoms with Gasteiger partial charge < -0.3 is 0 Å². The van der Waals surface area contributed by atoms with E-state index in [1.165, 1.54) is 88.0 Å². The molecule has 8 aromatic rings. The number of hydrogen-bond donors (Lipinski definition) is 0. The lowest BCUT2D eigenvalue weighted by Gasteiger charge is -2.24. The minimum absolute atomic E-state index is 0.0430. The van der Waals surface area contributed by atoms with E-state index in [1.807, 2.05) is 0 Å². The van der Waals surface area contributed by atoms with Crippen LogP contribution in [0.4, 0.5) is 0 Å². The van der Waals surface area contributed by atoms with Gasteiger partial charge in [0.2, 0.25) is 0 Å². The zero-order valence-electron chi connectivity index (χ0n) is 25.5. The molecule has 0 aromatic heterocycles. The van der Waals surface area contributed by atoms with E-state index >= 15 is 0 Å². The minimum Gasteiger partial charge on any atom is -0.0622 e. The monoisotopic (exact) mass is 572 g/mol. The fourth-order valence-electron chi connectivity index (χ4n) is 7.83. The van der Waals surface area contributed by atoms with Gasteiger partial charge in [0, 0.05) is 5.41 Å². The molecule has 0 amide bonds. The van der Waals surface area contributed by atoms with Gasteiger partial charge >= 0.3 is 0 Å². The lowest BCUT2D eigenvalue weighted by Crippen LogP contribution is -2.16. The van der Waals surface area contributed by atoms with Gasteiger partial charge in [0.1, 0.15) is 0 Å². The second kappa shape index (κ2) is 9.78. The topological polar surface area (TPSA) is 0 Å². The van der Waals surface area contributed by atoms with Crippen molar-refractivity contribution in [3.8, 4) is 44.5 Å². The molecule has 9 rings (SSSR count). The Morgan fingerprint density at radius 3 is 1.56 bits per heavy atom. The standard InChI is InChI=1S/C45H32/c1-45(2)43-18-9-8-15-39(43)40-17-10-16-38(44(40)45)34-21-23-36-32(25-34)19-20-33-26-35(22-24-37(33)36)42-28-31-14-7-6-13-30(31)27-41(42)29-11-4-3-5-12-29/h3-28H,1-2H3. The molecule has 0 saturated carbocycles. The van der Waals surface area contributed by atoms with Gasteiger partial charge in [-0.2, -0.15) is 0 Å². The molecule has 1 aliphatic carbocycles. The normalized spacial score (nSPS) is 13.3. The van der Waals surface area contributed by atoms with Crippen LogP contribution in [0.2, 0.25) is 0 Å². The van der Waals surface area contributed by atoms with E-state index in [2.05, 4.69) is 172 Å². The highest BCUT2D eigenvalue weighted by Crippen LogP contribution is 2.52. The number of rotatable bonds is 3. The molecule has 0 unspecified atom stereocenters. The molecule has 0 heteroatoms. The molecule has 0 heterocycles. The third-order valence-electron chi connectivity index (χ3n) is 10.0. The summed E-state index contributed by atoms with van der Waals surface area (Å²) >= 11 is 0. The summed E-state index contributed by atoms with van der Waals surface area (Å²) in [7, 11) is 0. The molecular weight excluding hydrogens is 540 g/mol. The molecule has 45 heavy (non-hydrogen) atoms. The second-order valence-corrected chi connectivity index (χ2v) is 12.9. The maximum atomic E-state index is 2.38. The van der Waals surface area contributed by atoms with Gasteiger partial charge in [0.05, 0.1) is 0 Å². The fourth-order valence-corrected chi connectivity index (χ4v) is 7.83. The van der Waals surface area contributed by atoms with E-state index in [9.17, 15) is 0 Å². The van der Waals surface area contributed by atoms with Crippen molar-refractivity contribution in [2.75, 3.05) is 0 Å². The Morgan fingerprint density at radius 1 is 0.333 bits per heavy atom. The van der Waals surface area contributed by atoms with Crippen LogP contribution < -0.4 is 0 Å². The zero-order chi connectivity index (χ0) is 30.1. The van der Waals surface area contributed by atoms with Crippen LogP contribution in [0.5, 0.6) is 0 Å². The van der Waals surface area contributed by atoms with E-state index in [-0.39, 0.29) is 5.41 Å². The first-order valence-electron chi connectivity index (χ1n) is 15.9. The van der Waals surface area contributed by atoms with Gasteiger partial charge in [-0.15, -0.1) is 0 Å². The predicted octanol–water partition coefficient (Wildman–Crippen LogP) is 12.5. The first kappa shape index (κ1) is 26.0. The summed E-state index contributed by atoms with van der Waals surface area (Å²) < 4.78 is 0. The molecule has 0 bridgehead atoms. The second-order valence-electron chi connectivity index (χ2n) is 12.9. The molecule has 212 valence electrons. The molecule has 1 aliphatic rings. The van der Waals surface area contributed by atoms with Crippen molar-refractivity contribution in [2.45, 2.75) is 19.3 Å². The van der Waals surface area contributed by atoms with E-state index < -0.39 is 0 Å². The first-order valence-corrected chi connectivity index (χ1v) is 15.9. The highest BCUT2D eigenvalue weighted by molar-refractivity contribution is 6.10. The average molecular weight is 573 g/mol. The Bertz CT molecular complexity index is 2440. The number of hydrogen-bond acceptors (Lipinski definition) is 0. The van der Waals surface area contributed by atoms with Crippen molar-refractivity contribution in [2.24, 2.45) is 0 Å². The average Bonchev–Trinajstić information content (AvgIpc) is 3.34. The SMILES string of the molecule is CC1(C)c2ccccc2-c2cccc(-c3ccc4c(ccc5cc(-c6cc7ccccc7cc6-c6ccccc6)ccc54)c3)c21. The summed E-state index contributed by atoms with van der Waals surface area (Å²) in [6.45, 7) is 4.73. The lowest BCUT2D eigenvalue weighted by molar-refractivity contribution is 0.662. The third kappa shape index (κ3) is 3.99. The lowest BCUT2D eigenvalue weighted by atomic mass is 9.78. The molecule has 0 aliphatic heterocycles. The van der Waals surface area contributed by atoms with Crippen molar-refractivity contribution < 1.29 is 0 Å². The Hall–Kier alpha value is -5.46. The van der Waals surface area contributed by atoms with Crippen LogP contribution in [0.25, 0.3) is 76.8 Å². The van der Waals surface area contributed by atoms with Crippen LogP contribution in [0, 0.1) is 0 Å². The molecule has 8 aromatic carbocycles. The third-order valence-corrected chi connectivity index (χ3v) is 10.0. The Kier molecular flexibility index (Phi) is 5.64. The maximum Gasteiger partial charge on any atom is 0.0165 e. The quantitative estimate of drug-likeness (QED) is 0.185. The van der Waals surface area contributed by atoms with Gasteiger partial charge in [-0.1, -0.05) is 147 Å². The van der Waals surface area contributed by atoms with Crippen molar-refractivity contribution in [3.63, 3.8) is 0 Å². The van der Waals surface area contributed by atoms with E-state index in [1.54, 1.807) is 0 Å². The van der Waals surface area contributed by atoms with Gasteiger partial charge in [-0.3, -0.25) is 0 Å². The highest BCUT2D eigenvalue weighted by atomic mass is 14.4. The van der Waals surface area contributed by atoms with Gasteiger partial charge in [-0.05, 0) is 112 Å². The van der Waals surface area contributed by atoms with Crippen molar-refractivity contribution in [3.05, 3.63) is 169 Å². The number of fused-ring (bicyclic) bond motifs is 7. The molecule has 0 nitrogen and oxygen atoms in total. The molecule has 0 saturated heterocycles.